The summed E-state index contributed by atoms with van der Waals surface area (Å²) in [6, 6.07) is 8.91. The fourth-order valence-corrected chi connectivity index (χ4v) is 6.67. The number of pyridine rings is 1. The van der Waals surface area contributed by atoms with Crippen molar-refractivity contribution in [3.63, 3.8) is 0 Å². The molecule has 3 fully saturated rings. The van der Waals surface area contributed by atoms with E-state index in [4.69, 9.17) is 13.8 Å². The number of piperidine rings is 2. The summed E-state index contributed by atoms with van der Waals surface area (Å²) < 4.78 is 67.5. The number of hydrogen-bond acceptors (Lipinski definition) is 9. The van der Waals surface area contributed by atoms with Gasteiger partial charge in [-0.2, -0.15) is 0 Å². The Kier molecular flexibility index (Phi) is 6.64. The van der Waals surface area contributed by atoms with Crippen LogP contribution in [0.3, 0.4) is 0 Å². The van der Waals surface area contributed by atoms with Crippen LogP contribution in [-0.2, 0) is 10.0 Å². The lowest BCUT2D eigenvalue weighted by atomic mass is 9.93. The Morgan fingerprint density at radius 1 is 0.907 bits per heavy atom. The number of nitrogens with one attached hydrogen (secondary N) is 1. The van der Waals surface area contributed by atoms with Gasteiger partial charge >= 0.3 is 0 Å². The monoisotopic (exact) mass is 612 g/mol. The highest BCUT2D eigenvalue weighted by molar-refractivity contribution is 7.93. The van der Waals surface area contributed by atoms with Gasteiger partial charge in [0.05, 0.1) is 28.5 Å². The highest BCUT2D eigenvalue weighted by Gasteiger charge is 2.44. The third kappa shape index (κ3) is 5.43. The number of hydrogen-bond donors (Lipinski definition) is 1. The van der Waals surface area contributed by atoms with Gasteiger partial charge in [0, 0.05) is 44.4 Å². The van der Waals surface area contributed by atoms with Crippen molar-refractivity contribution < 1.29 is 26.0 Å². The van der Waals surface area contributed by atoms with Gasteiger partial charge in [-0.15, -0.1) is 10.2 Å². The largest absolute Gasteiger partial charge is 0.460 e. The molecule has 2 aliphatic heterocycles. The van der Waals surface area contributed by atoms with Crippen molar-refractivity contribution in [1.29, 1.82) is 0 Å². The van der Waals surface area contributed by atoms with Crippen LogP contribution in [-0.4, -0.2) is 61.0 Å². The zero-order valence-electron chi connectivity index (χ0n) is 24.1. The van der Waals surface area contributed by atoms with Gasteiger partial charge in [0.2, 0.25) is 15.9 Å². The first-order valence-electron chi connectivity index (χ1n) is 14.8. The molecule has 0 amide bonds. The quantitative estimate of drug-likeness (QED) is 0.256. The molecule has 228 valence electrons. The predicted octanol–water partition coefficient (Wildman–Crippen LogP) is 6.31. The van der Waals surface area contributed by atoms with E-state index in [0.717, 1.165) is 37.0 Å². The van der Waals surface area contributed by atoms with Gasteiger partial charge in [-0.05, 0) is 75.3 Å². The van der Waals surface area contributed by atoms with Crippen LogP contribution in [0.4, 0.5) is 26.0 Å². The summed E-state index contributed by atoms with van der Waals surface area (Å²) in [5.74, 6) is -1.75. The maximum atomic E-state index is 13.9. The molecule has 4 aromatic rings. The lowest BCUT2D eigenvalue weighted by Gasteiger charge is -2.35. The number of aromatic nitrogens is 3. The highest BCUT2D eigenvalue weighted by Crippen LogP contribution is 2.54. The number of rotatable bonds is 7. The zero-order chi connectivity index (χ0) is 30.0. The molecule has 0 atom stereocenters. The van der Waals surface area contributed by atoms with E-state index in [9.17, 15) is 17.2 Å². The fraction of sp³-hybridized carbons (Fsp3) is 0.500. The SMILES string of the molecule is CC(C)S(=O)(=O)Nc1ccc(-c2nnc(-c3cc4ccoc4c(N4CCC(F)(F)CC4)n3)o2)c(N2CCC3(CC2)CC3)c1. The number of sulfonamides is 1. The van der Waals surface area contributed by atoms with Gasteiger partial charge in [0.1, 0.15) is 5.69 Å². The number of halogens is 2. The molecule has 0 radical (unpaired) electrons. The number of nitrogens with zero attached hydrogens (tertiary/aromatic N) is 5. The highest BCUT2D eigenvalue weighted by atomic mass is 32.2. The standard InChI is InChI=1S/C30H34F2N6O4S/c1-19(2)43(39,40)36-21-3-4-22(24(18-21)37-12-8-29(6-7-29)9-13-37)27-34-35-28(42-27)23-17-20-5-16-41-25(20)26(33-23)38-14-10-30(31,32)11-15-38/h3-5,16-19,36H,6-15H2,1-2H3. The summed E-state index contributed by atoms with van der Waals surface area (Å²) in [6.45, 7) is 5.29. The van der Waals surface area contributed by atoms with Crippen molar-refractivity contribution in [2.75, 3.05) is 40.7 Å². The summed E-state index contributed by atoms with van der Waals surface area (Å²) in [4.78, 5) is 8.80. The molecule has 7 rings (SSSR count). The van der Waals surface area contributed by atoms with E-state index in [-0.39, 0.29) is 37.7 Å². The zero-order valence-corrected chi connectivity index (χ0v) is 25.0. The minimum atomic E-state index is -3.53. The first kappa shape index (κ1) is 28.1. The molecule has 0 bridgehead atoms. The number of alkyl halides is 2. The van der Waals surface area contributed by atoms with Crippen molar-refractivity contribution in [3.05, 3.63) is 36.6 Å². The van der Waals surface area contributed by atoms with Gasteiger partial charge in [0.15, 0.2) is 11.4 Å². The minimum Gasteiger partial charge on any atom is -0.460 e. The molecule has 13 heteroatoms. The average molecular weight is 613 g/mol. The Hall–Kier alpha value is -3.74. The Labute approximate surface area is 248 Å². The van der Waals surface area contributed by atoms with Crippen LogP contribution in [0.5, 0.6) is 0 Å². The lowest BCUT2D eigenvalue weighted by molar-refractivity contribution is -0.0221. The molecule has 0 unspecified atom stereocenters. The van der Waals surface area contributed by atoms with Crippen molar-refractivity contribution >= 4 is 38.2 Å². The molecule has 1 N–H and O–H groups in total. The summed E-state index contributed by atoms with van der Waals surface area (Å²) in [6.07, 6.45) is 5.75. The van der Waals surface area contributed by atoms with Crippen LogP contribution in [0, 0.1) is 5.41 Å². The van der Waals surface area contributed by atoms with Gasteiger partial charge in [-0.1, -0.05) is 0 Å². The molecule has 1 spiro atoms. The molecule has 3 aromatic heterocycles. The van der Waals surface area contributed by atoms with Crippen LogP contribution in [0.15, 0.2) is 45.4 Å². The summed E-state index contributed by atoms with van der Waals surface area (Å²) in [5, 5.41) is 8.85. The maximum Gasteiger partial charge on any atom is 0.266 e. The molecule has 5 heterocycles. The van der Waals surface area contributed by atoms with E-state index in [1.54, 1.807) is 44.4 Å². The van der Waals surface area contributed by atoms with E-state index in [2.05, 4.69) is 19.8 Å². The molecule has 1 aliphatic carbocycles. The number of anilines is 3. The Balaban J connectivity index is 1.23. The van der Waals surface area contributed by atoms with Gasteiger partial charge in [-0.3, -0.25) is 4.72 Å². The lowest BCUT2D eigenvalue weighted by Crippen LogP contribution is -2.39. The predicted molar refractivity (Wildman–Crippen MR) is 160 cm³/mol. The first-order valence-corrected chi connectivity index (χ1v) is 16.3. The third-order valence-corrected chi connectivity index (χ3v) is 10.8. The third-order valence-electron chi connectivity index (χ3n) is 9.09. The van der Waals surface area contributed by atoms with Crippen LogP contribution in [0.1, 0.15) is 52.4 Å². The van der Waals surface area contributed by atoms with Crippen molar-refractivity contribution in [2.45, 2.75) is 63.5 Å². The van der Waals surface area contributed by atoms with Gasteiger partial charge < -0.3 is 18.6 Å². The number of fused-ring (bicyclic) bond motifs is 1. The van der Waals surface area contributed by atoms with Gasteiger partial charge in [0.25, 0.3) is 11.8 Å². The summed E-state index contributed by atoms with van der Waals surface area (Å²) in [7, 11) is -3.53. The van der Waals surface area contributed by atoms with E-state index in [1.165, 1.54) is 12.8 Å². The maximum absolute atomic E-state index is 13.9. The van der Waals surface area contributed by atoms with Crippen LogP contribution in [0.25, 0.3) is 34.0 Å². The molecule has 3 aliphatic rings. The molecule has 10 nitrogen and oxygen atoms in total. The van der Waals surface area contributed by atoms with Crippen LogP contribution in [0.2, 0.25) is 0 Å². The molecule has 43 heavy (non-hydrogen) atoms. The van der Waals surface area contributed by atoms with E-state index < -0.39 is 21.2 Å². The normalized spacial score (nSPS) is 19.8. The average Bonchev–Trinajstić information content (AvgIpc) is 3.34. The summed E-state index contributed by atoms with van der Waals surface area (Å²) in [5.41, 5.74) is 3.39. The van der Waals surface area contributed by atoms with Crippen molar-refractivity contribution in [1.82, 2.24) is 15.2 Å². The molecule has 1 saturated carbocycles. The Bertz CT molecular complexity index is 1760. The van der Waals surface area contributed by atoms with Crippen molar-refractivity contribution in [2.24, 2.45) is 5.41 Å². The molecule has 2 saturated heterocycles. The van der Waals surface area contributed by atoms with E-state index >= 15 is 0 Å². The number of furan rings is 1. The topological polar surface area (TPSA) is 118 Å². The summed E-state index contributed by atoms with van der Waals surface area (Å²) >= 11 is 0. The van der Waals surface area contributed by atoms with E-state index in [0.29, 0.717) is 33.8 Å². The second kappa shape index (κ2) is 10.2. The Morgan fingerprint density at radius 3 is 2.30 bits per heavy atom. The van der Waals surface area contributed by atoms with E-state index in [1.807, 2.05) is 11.0 Å². The smallest absolute Gasteiger partial charge is 0.266 e. The first-order chi connectivity index (χ1) is 20.5. The molecular weight excluding hydrogens is 578 g/mol. The number of benzene rings is 1. The molecular formula is C30H34F2N6O4S. The van der Waals surface area contributed by atoms with Crippen LogP contribution < -0.4 is 14.5 Å². The molecule has 1 aromatic carbocycles. The minimum absolute atomic E-state index is 0.154. The fourth-order valence-electron chi connectivity index (χ4n) is 5.98. The second-order valence-corrected chi connectivity index (χ2v) is 14.6. The second-order valence-electron chi connectivity index (χ2n) is 12.3. The van der Waals surface area contributed by atoms with Crippen LogP contribution >= 0.6 is 0 Å². The van der Waals surface area contributed by atoms with Crippen molar-refractivity contribution in [3.8, 4) is 23.0 Å². The van der Waals surface area contributed by atoms with Gasteiger partial charge in [-0.25, -0.2) is 22.2 Å². The Morgan fingerprint density at radius 2 is 1.60 bits per heavy atom.